The molecule has 0 saturated carbocycles. The van der Waals surface area contributed by atoms with Gasteiger partial charge in [-0.05, 0) is 37.0 Å². The van der Waals surface area contributed by atoms with Crippen molar-refractivity contribution in [2.45, 2.75) is 12.8 Å². The number of nitrogens with two attached hydrogens (primary N) is 1. The third-order valence-corrected chi connectivity index (χ3v) is 4.20. The maximum absolute atomic E-state index is 5.83. The third-order valence-electron chi connectivity index (χ3n) is 3.49. The van der Waals surface area contributed by atoms with Crippen LogP contribution in [0.2, 0.25) is 0 Å². The topological polar surface area (TPSA) is 38.5 Å². The summed E-state index contributed by atoms with van der Waals surface area (Å²) in [6.07, 6.45) is 2.40. The summed E-state index contributed by atoms with van der Waals surface area (Å²) in [5.41, 5.74) is 7.91. The summed E-state index contributed by atoms with van der Waals surface area (Å²) in [5, 5.41) is 0. The third kappa shape index (κ3) is 3.68. The Balaban J connectivity index is 2.24. The largest absolute Gasteiger partial charge is 0.389 e. The predicted octanol–water partition coefficient (Wildman–Crippen LogP) is 2.95. The highest BCUT2D eigenvalue weighted by Crippen LogP contribution is 2.29. The number of piperidine rings is 1. The SMILES string of the molecule is COCC1CCCN(c2cc(Br)ccc2C(N)=S)C1. The van der Waals surface area contributed by atoms with E-state index in [1.165, 1.54) is 12.8 Å². The van der Waals surface area contributed by atoms with Crippen molar-refractivity contribution in [3.8, 4) is 0 Å². The smallest absolute Gasteiger partial charge is 0.106 e. The molecule has 1 unspecified atom stereocenters. The fourth-order valence-electron chi connectivity index (χ4n) is 2.63. The molecule has 1 aliphatic heterocycles. The monoisotopic (exact) mass is 342 g/mol. The first kappa shape index (κ1) is 14.8. The van der Waals surface area contributed by atoms with Crippen LogP contribution in [0.25, 0.3) is 0 Å². The number of benzene rings is 1. The van der Waals surface area contributed by atoms with Crippen molar-refractivity contribution in [1.29, 1.82) is 0 Å². The van der Waals surface area contributed by atoms with E-state index >= 15 is 0 Å². The van der Waals surface area contributed by atoms with Gasteiger partial charge in [0.05, 0.1) is 6.61 Å². The zero-order chi connectivity index (χ0) is 13.8. The Hall–Kier alpha value is -0.650. The van der Waals surface area contributed by atoms with Gasteiger partial charge < -0.3 is 15.4 Å². The van der Waals surface area contributed by atoms with Gasteiger partial charge in [0, 0.05) is 35.9 Å². The molecule has 2 rings (SSSR count). The normalized spacial score (nSPS) is 19.5. The summed E-state index contributed by atoms with van der Waals surface area (Å²) >= 11 is 8.68. The number of ether oxygens (including phenoxy) is 1. The number of rotatable bonds is 4. The summed E-state index contributed by atoms with van der Waals surface area (Å²) in [5.74, 6) is 0.580. The van der Waals surface area contributed by atoms with Crippen LogP contribution in [-0.4, -0.2) is 31.8 Å². The first-order valence-electron chi connectivity index (χ1n) is 6.45. The summed E-state index contributed by atoms with van der Waals surface area (Å²) in [6, 6.07) is 6.07. The summed E-state index contributed by atoms with van der Waals surface area (Å²) in [4.78, 5) is 2.82. The van der Waals surface area contributed by atoms with E-state index in [1.807, 2.05) is 12.1 Å². The van der Waals surface area contributed by atoms with Gasteiger partial charge in [-0.2, -0.15) is 0 Å². The lowest BCUT2D eigenvalue weighted by Gasteiger charge is -2.35. The highest BCUT2D eigenvalue weighted by Gasteiger charge is 2.22. The Bertz CT molecular complexity index is 465. The number of anilines is 1. The molecule has 104 valence electrons. The Morgan fingerprint density at radius 2 is 2.37 bits per heavy atom. The molecule has 1 saturated heterocycles. The molecule has 0 aromatic heterocycles. The van der Waals surface area contributed by atoms with E-state index in [9.17, 15) is 0 Å². The average Bonchev–Trinajstić information content (AvgIpc) is 2.39. The molecule has 0 radical (unpaired) electrons. The van der Waals surface area contributed by atoms with Gasteiger partial charge in [-0.3, -0.25) is 0 Å². The fourth-order valence-corrected chi connectivity index (χ4v) is 3.15. The van der Waals surface area contributed by atoms with E-state index in [-0.39, 0.29) is 0 Å². The molecule has 19 heavy (non-hydrogen) atoms. The Labute approximate surface area is 128 Å². The highest BCUT2D eigenvalue weighted by molar-refractivity contribution is 9.10. The van der Waals surface area contributed by atoms with E-state index in [0.29, 0.717) is 10.9 Å². The highest BCUT2D eigenvalue weighted by atomic mass is 79.9. The molecule has 0 aliphatic carbocycles. The maximum atomic E-state index is 5.83. The quantitative estimate of drug-likeness (QED) is 0.853. The standard InChI is InChI=1S/C14H19BrN2OS/c1-18-9-10-3-2-6-17(8-10)13-7-11(15)4-5-12(13)14(16)19/h4-5,7,10H,2-3,6,8-9H2,1H3,(H2,16,19). The Morgan fingerprint density at radius 3 is 3.05 bits per heavy atom. The molecule has 0 amide bonds. The number of hydrogen-bond donors (Lipinski definition) is 1. The molecule has 1 aliphatic rings. The minimum Gasteiger partial charge on any atom is -0.389 e. The molecular formula is C14H19BrN2OS. The van der Waals surface area contributed by atoms with Crippen molar-refractivity contribution in [2.24, 2.45) is 11.7 Å². The summed E-state index contributed by atoms with van der Waals surface area (Å²) in [7, 11) is 1.76. The van der Waals surface area contributed by atoms with Crippen LogP contribution in [0.1, 0.15) is 18.4 Å². The van der Waals surface area contributed by atoms with Crippen LogP contribution in [0.4, 0.5) is 5.69 Å². The van der Waals surface area contributed by atoms with Gasteiger partial charge in [0.1, 0.15) is 4.99 Å². The van der Waals surface area contributed by atoms with Crippen molar-refractivity contribution in [1.82, 2.24) is 0 Å². The van der Waals surface area contributed by atoms with E-state index in [1.54, 1.807) is 7.11 Å². The molecule has 1 heterocycles. The van der Waals surface area contributed by atoms with Crippen LogP contribution in [-0.2, 0) is 4.74 Å². The Kier molecular flexibility index (Phi) is 5.19. The first-order valence-corrected chi connectivity index (χ1v) is 7.65. The van der Waals surface area contributed by atoms with Crippen LogP contribution >= 0.6 is 28.1 Å². The second-order valence-corrected chi connectivity index (χ2v) is 6.29. The number of nitrogens with zero attached hydrogens (tertiary/aromatic N) is 1. The maximum Gasteiger partial charge on any atom is 0.106 e. The van der Waals surface area contributed by atoms with Gasteiger partial charge in [0.2, 0.25) is 0 Å². The zero-order valence-corrected chi connectivity index (χ0v) is 13.5. The number of hydrogen-bond acceptors (Lipinski definition) is 3. The zero-order valence-electron chi connectivity index (χ0n) is 11.1. The molecule has 0 spiro atoms. The van der Waals surface area contributed by atoms with E-state index in [2.05, 4.69) is 26.9 Å². The van der Waals surface area contributed by atoms with Crippen LogP contribution in [0.3, 0.4) is 0 Å². The number of methoxy groups -OCH3 is 1. The van der Waals surface area contributed by atoms with Crippen LogP contribution < -0.4 is 10.6 Å². The van der Waals surface area contributed by atoms with Gasteiger partial charge in [0.25, 0.3) is 0 Å². The first-order chi connectivity index (χ1) is 9.11. The van der Waals surface area contributed by atoms with E-state index in [0.717, 1.165) is 35.4 Å². The lowest BCUT2D eigenvalue weighted by Crippen LogP contribution is -2.38. The number of thiocarbonyl (C=S) groups is 1. The predicted molar refractivity (Wildman–Crippen MR) is 86.8 cm³/mol. The van der Waals surface area contributed by atoms with Gasteiger partial charge >= 0.3 is 0 Å². The second kappa shape index (κ2) is 6.68. The molecular weight excluding hydrogens is 324 g/mol. The number of halogens is 1. The molecule has 0 bridgehead atoms. The van der Waals surface area contributed by atoms with Crippen molar-refractivity contribution in [3.63, 3.8) is 0 Å². The molecule has 3 nitrogen and oxygen atoms in total. The average molecular weight is 343 g/mol. The van der Waals surface area contributed by atoms with Crippen molar-refractivity contribution in [2.75, 3.05) is 31.7 Å². The van der Waals surface area contributed by atoms with Crippen LogP contribution in [0.15, 0.2) is 22.7 Å². The minimum atomic E-state index is 0.455. The van der Waals surface area contributed by atoms with Gasteiger partial charge in [-0.25, -0.2) is 0 Å². The van der Waals surface area contributed by atoms with Crippen molar-refractivity contribution in [3.05, 3.63) is 28.2 Å². The van der Waals surface area contributed by atoms with Gasteiger partial charge in [0.15, 0.2) is 0 Å². The van der Waals surface area contributed by atoms with Gasteiger partial charge in [-0.15, -0.1) is 0 Å². The van der Waals surface area contributed by atoms with E-state index < -0.39 is 0 Å². The fraction of sp³-hybridized carbons (Fsp3) is 0.500. The molecule has 1 fully saturated rings. The van der Waals surface area contributed by atoms with Crippen molar-refractivity contribution >= 4 is 38.8 Å². The van der Waals surface area contributed by atoms with Crippen LogP contribution in [0, 0.1) is 5.92 Å². The Morgan fingerprint density at radius 1 is 1.58 bits per heavy atom. The van der Waals surface area contributed by atoms with Crippen LogP contribution in [0.5, 0.6) is 0 Å². The second-order valence-electron chi connectivity index (χ2n) is 4.94. The van der Waals surface area contributed by atoms with Gasteiger partial charge in [-0.1, -0.05) is 28.1 Å². The lowest BCUT2D eigenvalue weighted by atomic mass is 9.97. The van der Waals surface area contributed by atoms with Crippen molar-refractivity contribution < 1.29 is 4.74 Å². The summed E-state index contributed by atoms with van der Waals surface area (Å²) in [6.45, 7) is 2.86. The lowest BCUT2D eigenvalue weighted by molar-refractivity contribution is 0.143. The molecule has 2 N–H and O–H groups in total. The summed E-state index contributed by atoms with van der Waals surface area (Å²) < 4.78 is 6.33. The molecule has 5 heteroatoms. The molecule has 1 aromatic carbocycles. The molecule has 1 atom stereocenters. The minimum absolute atomic E-state index is 0.455. The van der Waals surface area contributed by atoms with E-state index in [4.69, 9.17) is 22.7 Å². The molecule has 1 aromatic rings.